The molecule has 0 aromatic carbocycles. The second-order valence-corrected chi connectivity index (χ2v) is 9.22. The summed E-state index contributed by atoms with van der Waals surface area (Å²) in [5, 5.41) is 3.41. The van der Waals surface area contributed by atoms with E-state index in [0.717, 1.165) is 12.8 Å². The molecular weight excluding hydrogens is 392 g/mol. The van der Waals surface area contributed by atoms with Gasteiger partial charge in [-0.1, -0.05) is 34.6 Å². The molecule has 1 fully saturated rings. The third-order valence-corrected chi connectivity index (χ3v) is 4.67. The van der Waals surface area contributed by atoms with Crippen LogP contribution >= 0.6 is 0 Å². The molecule has 0 atom stereocenters. The van der Waals surface area contributed by atoms with E-state index in [-0.39, 0.29) is 43.8 Å². The molecule has 3 amide bonds. The van der Waals surface area contributed by atoms with Crippen LogP contribution in [0.15, 0.2) is 0 Å². The van der Waals surface area contributed by atoms with E-state index in [9.17, 15) is 19.2 Å². The fraction of sp³-hybridized carbons (Fsp3) is 0.810. The SMILES string of the molecule is CC(C)(C)CCC(C)(C)C(=O)NCCOCCOCCC(=O)ON1C(=O)CCC1=O. The monoisotopic (exact) mass is 428 g/mol. The predicted molar refractivity (Wildman–Crippen MR) is 109 cm³/mol. The lowest BCUT2D eigenvalue weighted by Gasteiger charge is -2.27. The summed E-state index contributed by atoms with van der Waals surface area (Å²) in [6.07, 6.45) is 1.85. The molecular formula is C21H36N2O7. The van der Waals surface area contributed by atoms with Crippen LogP contribution < -0.4 is 5.32 Å². The van der Waals surface area contributed by atoms with E-state index in [1.807, 2.05) is 13.8 Å². The average molecular weight is 429 g/mol. The van der Waals surface area contributed by atoms with Crippen molar-refractivity contribution >= 4 is 23.7 Å². The molecule has 0 spiro atoms. The topological polar surface area (TPSA) is 111 Å². The Kier molecular flexibility index (Phi) is 10.4. The Morgan fingerprint density at radius 2 is 1.47 bits per heavy atom. The summed E-state index contributed by atoms with van der Waals surface area (Å²) in [5.41, 5.74) is -0.226. The summed E-state index contributed by atoms with van der Waals surface area (Å²) in [6, 6.07) is 0. The largest absolute Gasteiger partial charge is 0.378 e. The zero-order valence-corrected chi connectivity index (χ0v) is 18.9. The van der Waals surface area contributed by atoms with Crippen LogP contribution in [0.2, 0.25) is 0 Å². The van der Waals surface area contributed by atoms with E-state index in [0.29, 0.717) is 24.8 Å². The maximum Gasteiger partial charge on any atom is 0.335 e. The van der Waals surface area contributed by atoms with Crippen molar-refractivity contribution in [2.45, 2.75) is 66.7 Å². The summed E-state index contributed by atoms with van der Waals surface area (Å²) in [6.45, 7) is 11.9. The van der Waals surface area contributed by atoms with Gasteiger partial charge in [-0.25, -0.2) is 4.79 Å². The molecule has 9 heteroatoms. The van der Waals surface area contributed by atoms with Gasteiger partial charge in [-0.3, -0.25) is 14.4 Å². The fourth-order valence-electron chi connectivity index (χ4n) is 2.56. The molecule has 0 aliphatic carbocycles. The molecule has 1 saturated heterocycles. The van der Waals surface area contributed by atoms with Gasteiger partial charge >= 0.3 is 5.97 Å². The van der Waals surface area contributed by atoms with Crippen LogP contribution in [0.3, 0.4) is 0 Å². The number of rotatable bonds is 13. The highest BCUT2D eigenvalue weighted by Gasteiger charge is 2.32. The molecule has 1 N–H and O–H groups in total. The highest BCUT2D eigenvalue weighted by atomic mass is 16.7. The van der Waals surface area contributed by atoms with Crippen LogP contribution in [0.4, 0.5) is 0 Å². The van der Waals surface area contributed by atoms with Crippen LogP contribution in [0.5, 0.6) is 0 Å². The molecule has 172 valence electrons. The second-order valence-electron chi connectivity index (χ2n) is 9.22. The third-order valence-electron chi connectivity index (χ3n) is 4.67. The van der Waals surface area contributed by atoms with Gasteiger partial charge in [-0.15, -0.1) is 5.06 Å². The molecule has 1 heterocycles. The minimum absolute atomic E-state index is 0.0140. The van der Waals surface area contributed by atoms with Gasteiger partial charge in [0, 0.05) is 24.8 Å². The third kappa shape index (κ3) is 10.2. The van der Waals surface area contributed by atoms with E-state index in [1.54, 1.807) is 0 Å². The molecule has 1 aliphatic rings. The van der Waals surface area contributed by atoms with Gasteiger partial charge in [-0.05, 0) is 18.3 Å². The highest BCUT2D eigenvalue weighted by molar-refractivity contribution is 6.01. The number of hydrogen-bond acceptors (Lipinski definition) is 7. The Hall–Kier alpha value is -2.00. The maximum absolute atomic E-state index is 12.3. The first kappa shape index (κ1) is 26.0. The Morgan fingerprint density at radius 1 is 0.900 bits per heavy atom. The molecule has 0 unspecified atom stereocenters. The number of carbonyl (C=O) groups excluding carboxylic acids is 4. The summed E-state index contributed by atoms with van der Waals surface area (Å²) in [4.78, 5) is 51.3. The van der Waals surface area contributed by atoms with Crippen molar-refractivity contribution in [3.8, 4) is 0 Å². The summed E-state index contributed by atoms with van der Waals surface area (Å²) >= 11 is 0. The van der Waals surface area contributed by atoms with Gasteiger partial charge in [0.15, 0.2) is 0 Å². The first-order valence-electron chi connectivity index (χ1n) is 10.4. The number of nitrogens with one attached hydrogen (secondary N) is 1. The van der Waals surface area contributed by atoms with Gasteiger partial charge in [-0.2, -0.15) is 0 Å². The average Bonchev–Trinajstić information content (AvgIpc) is 2.96. The van der Waals surface area contributed by atoms with E-state index >= 15 is 0 Å². The van der Waals surface area contributed by atoms with Crippen LogP contribution in [0.25, 0.3) is 0 Å². The number of ether oxygens (including phenoxy) is 2. The number of carbonyl (C=O) groups is 4. The fourth-order valence-corrected chi connectivity index (χ4v) is 2.56. The normalized spacial score (nSPS) is 14.9. The molecule has 0 radical (unpaired) electrons. The van der Waals surface area contributed by atoms with Crippen molar-refractivity contribution < 1.29 is 33.5 Å². The lowest BCUT2D eigenvalue weighted by atomic mass is 9.79. The highest BCUT2D eigenvalue weighted by Crippen LogP contribution is 2.30. The molecule has 0 bridgehead atoms. The van der Waals surface area contributed by atoms with E-state index < -0.39 is 23.2 Å². The molecule has 9 nitrogen and oxygen atoms in total. The molecule has 0 saturated carbocycles. The van der Waals surface area contributed by atoms with E-state index in [4.69, 9.17) is 14.3 Å². The number of hydrogen-bond donors (Lipinski definition) is 1. The summed E-state index contributed by atoms with van der Waals surface area (Å²) in [7, 11) is 0. The van der Waals surface area contributed by atoms with Crippen molar-refractivity contribution in [1.82, 2.24) is 10.4 Å². The predicted octanol–water partition coefficient (Wildman–Crippen LogP) is 1.99. The molecule has 30 heavy (non-hydrogen) atoms. The Bertz CT molecular complexity index is 595. The van der Waals surface area contributed by atoms with Gasteiger partial charge in [0.05, 0.1) is 32.8 Å². The smallest absolute Gasteiger partial charge is 0.335 e. The summed E-state index contributed by atoms with van der Waals surface area (Å²) in [5.74, 6) is -1.70. The zero-order chi connectivity index (χ0) is 22.8. The minimum Gasteiger partial charge on any atom is -0.378 e. The van der Waals surface area contributed by atoms with Gasteiger partial charge in [0.2, 0.25) is 5.91 Å². The molecule has 0 aromatic rings. The molecule has 1 aliphatic heterocycles. The second kappa shape index (κ2) is 12.0. The maximum atomic E-state index is 12.3. The lowest BCUT2D eigenvalue weighted by Crippen LogP contribution is -2.39. The van der Waals surface area contributed by atoms with Crippen molar-refractivity contribution in [3.63, 3.8) is 0 Å². The Balaban J connectivity index is 2.03. The molecule has 1 rings (SSSR count). The minimum atomic E-state index is -0.698. The van der Waals surface area contributed by atoms with Gasteiger partial charge in [0.25, 0.3) is 11.8 Å². The number of amides is 3. The first-order chi connectivity index (χ1) is 13.9. The quantitative estimate of drug-likeness (QED) is 0.353. The van der Waals surface area contributed by atoms with Gasteiger partial charge < -0.3 is 19.6 Å². The van der Waals surface area contributed by atoms with Gasteiger partial charge in [0.1, 0.15) is 0 Å². The number of imide groups is 1. The Morgan fingerprint density at radius 3 is 2.03 bits per heavy atom. The van der Waals surface area contributed by atoms with Crippen LogP contribution in [0.1, 0.15) is 66.7 Å². The molecule has 0 aromatic heterocycles. The van der Waals surface area contributed by atoms with Crippen molar-refractivity contribution in [2.75, 3.05) is 33.0 Å². The van der Waals surface area contributed by atoms with Crippen molar-refractivity contribution in [2.24, 2.45) is 10.8 Å². The van der Waals surface area contributed by atoms with E-state index in [1.165, 1.54) is 0 Å². The van der Waals surface area contributed by atoms with E-state index in [2.05, 4.69) is 26.1 Å². The van der Waals surface area contributed by atoms with Crippen molar-refractivity contribution in [1.29, 1.82) is 0 Å². The van der Waals surface area contributed by atoms with Crippen molar-refractivity contribution in [3.05, 3.63) is 0 Å². The van der Waals surface area contributed by atoms with Crippen LogP contribution in [0, 0.1) is 10.8 Å². The number of hydroxylamine groups is 2. The van der Waals surface area contributed by atoms with Crippen LogP contribution in [-0.4, -0.2) is 61.7 Å². The lowest BCUT2D eigenvalue weighted by molar-refractivity contribution is -0.198. The van der Waals surface area contributed by atoms with Crippen LogP contribution in [-0.2, 0) is 33.5 Å². The Labute approximate surface area is 178 Å². The first-order valence-corrected chi connectivity index (χ1v) is 10.4. The summed E-state index contributed by atoms with van der Waals surface area (Å²) < 4.78 is 10.7. The standard InChI is InChI=1S/C21H36N2O7/c1-20(2,3)9-10-21(4,5)19(27)22-11-13-29-15-14-28-12-8-18(26)30-23-16(24)6-7-17(23)25/h6-15H2,1-5H3,(H,22,27). The number of nitrogens with zero attached hydrogens (tertiary/aromatic N) is 1. The zero-order valence-electron chi connectivity index (χ0n) is 18.9.